The number of nitrogens with zero attached hydrogens (tertiary/aromatic N) is 1. The zero-order valence-corrected chi connectivity index (χ0v) is 17.0. The molecule has 28 heavy (non-hydrogen) atoms. The van der Waals surface area contributed by atoms with Gasteiger partial charge in [-0.1, -0.05) is 34.1 Å². The lowest BCUT2D eigenvalue weighted by Crippen LogP contribution is -2.09. The molecule has 0 fully saturated rings. The number of aromatic nitrogens is 2. The summed E-state index contributed by atoms with van der Waals surface area (Å²) in [7, 11) is 0. The van der Waals surface area contributed by atoms with E-state index in [1.54, 1.807) is 0 Å². The number of fused-ring (bicyclic) bond motifs is 2. The topological polar surface area (TPSA) is 57.8 Å². The molecule has 0 saturated carbocycles. The third kappa shape index (κ3) is 3.21. The van der Waals surface area contributed by atoms with Gasteiger partial charge in [-0.3, -0.25) is 4.79 Å². The quantitative estimate of drug-likeness (QED) is 0.333. The fraction of sp³-hybridized carbons (Fsp3) is 0. The Morgan fingerprint density at radius 3 is 2.64 bits per heavy atom. The minimum absolute atomic E-state index is 0.0949. The first-order valence-corrected chi connectivity index (χ1v) is 10.3. The summed E-state index contributed by atoms with van der Waals surface area (Å²) in [6.45, 7) is 0. The van der Waals surface area contributed by atoms with Gasteiger partial charge in [-0.25, -0.2) is 4.98 Å². The van der Waals surface area contributed by atoms with Crippen LogP contribution in [-0.2, 0) is 0 Å². The molecule has 136 valence electrons. The summed E-state index contributed by atoms with van der Waals surface area (Å²) in [5.41, 5.74) is 3.61. The number of carbonyl (C=O) groups excluding carboxylic acids is 1. The normalized spacial score (nSPS) is 11.2. The molecule has 2 N–H and O–H groups in total. The van der Waals surface area contributed by atoms with Crippen molar-refractivity contribution in [1.29, 1.82) is 0 Å². The predicted molar refractivity (Wildman–Crippen MR) is 119 cm³/mol. The molecule has 0 radical (unpaired) electrons. The Morgan fingerprint density at radius 2 is 1.82 bits per heavy atom. The Hall–Kier alpha value is -2.96. The Balaban J connectivity index is 1.37. The highest BCUT2D eigenvalue weighted by molar-refractivity contribution is 9.10. The Labute approximate surface area is 173 Å². The fourth-order valence-corrected chi connectivity index (χ4v) is 4.44. The van der Waals surface area contributed by atoms with E-state index in [0.717, 1.165) is 42.7 Å². The molecule has 5 rings (SSSR count). The molecular weight excluding hydrogens is 434 g/mol. The zero-order chi connectivity index (χ0) is 19.1. The van der Waals surface area contributed by atoms with Crippen LogP contribution in [0.15, 0.2) is 77.3 Å². The number of amides is 1. The molecule has 0 bridgehead atoms. The molecule has 3 aromatic carbocycles. The number of anilines is 1. The van der Waals surface area contributed by atoms with Crippen LogP contribution < -0.4 is 5.32 Å². The lowest BCUT2D eigenvalue weighted by Gasteiger charge is -2.04. The third-order valence-electron chi connectivity index (χ3n) is 4.51. The highest BCUT2D eigenvalue weighted by atomic mass is 79.9. The summed E-state index contributed by atoms with van der Waals surface area (Å²) >= 11 is 4.97. The van der Waals surface area contributed by atoms with Crippen molar-refractivity contribution in [2.24, 2.45) is 0 Å². The summed E-state index contributed by atoms with van der Waals surface area (Å²) in [5, 5.41) is 4.05. The molecule has 4 nitrogen and oxygen atoms in total. The molecule has 0 unspecified atom stereocenters. The smallest absolute Gasteiger partial charge is 0.265 e. The van der Waals surface area contributed by atoms with Gasteiger partial charge in [-0.2, -0.15) is 0 Å². The van der Waals surface area contributed by atoms with Crippen molar-refractivity contribution < 1.29 is 4.79 Å². The average Bonchev–Trinajstić information content (AvgIpc) is 3.32. The van der Waals surface area contributed by atoms with E-state index >= 15 is 0 Å². The second kappa shape index (κ2) is 6.89. The van der Waals surface area contributed by atoms with Gasteiger partial charge in [0.25, 0.3) is 5.91 Å². The number of benzene rings is 3. The maximum atomic E-state index is 12.6. The lowest BCUT2D eigenvalue weighted by molar-refractivity contribution is 0.103. The number of hydrogen-bond acceptors (Lipinski definition) is 3. The van der Waals surface area contributed by atoms with E-state index in [2.05, 4.69) is 31.2 Å². The minimum atomic E-state index is -0.0949. The van der Waals surface area contributed by atoms with Crippen molar-refractivity contribution in [2.45, 2.75) is 0 Å². The summed E-state index contributed by atoms with van der Waals surface area (Å²) in [6.07, 6.45) is 0. The van der Waals surface area contributed by atoms with Crippen LogP contribution in [0, 0.1) is 0 Å². The Kier molecular flexibility index (Phi) is 4.22. The van der Waals surface area contributed by atoms with Crippen LogP contribution in [0.4, 0.5) is 5.69 Å². The van der Waals surface area contributed by atoms with Gasteiger partial charge in [0.2, 0.25) is 0 Å². The average molecular weight is 448 g/mol. The molecular formula is C22H14BrN3OS. The van der Waals surface area contributed by atoms with Crippen LogP contribution in [-0.4, -0.2) is 15.9 Å². The van der Waals surface area contributed by atoms with Crippen molar-refractivity contribution in [1.82, 2.24) is 9.97 Å². The molecule has 1 amide bonds. The molecule has 0 atom stereocenters. The van der Waals surface area contributed by atoms with E-state index in [0.29, 0.717) is 4.88 Å². The number of rotatable bonds is 3. The van der Waals surface area contributed by atoms with E-state index < -0.39 is 0 Å². The van der Waals surface area contributed by atoms with Crippen LogP contribution in [0.25, 0.3) is 32.5 Å². The van der Waals surface area contributed by atoms with Gasteiger partial charge in [0.05, 0.1) is 15.9 Å². The molecule has 0 aliphatic heterocycles. The van der Waals surface area contributed by atoms with Gasteiger partial charge in [0.1, 0.15) is 5.82 Å². The zero-order valence-electron chi connectivity index (χ0n) is 14.6. The van der Waals surface area contributed by atoms with E-state index in [1.807, 2.05) is 72.8 Å². The van der Waals surface area contributed by atoms with Crippen molar-refractivity contribution >= 4 is 60.0 Å². The maximum absolute atomic E-state index is 12.6. The van der Waals surface area contributed by atoms with Crippen molar-refractivity contribution in [3.05, 3.63) is 82.1 Å². The molecule has 0 aliphatic carbocycles. The summed E-state index contributed by atoms with van der Waals surface area (Å²) in [4.78, 5) is 21.2. The van der Waals surface area contributed by atoms with Crippen molar-refractivity contribution in [3.8, 4) is 11.4 Å². The molecule has 0 saturated heterocycles. The summed E-state index contributed by atoms with van der Waals surface area (Å²) in [6, 6.07) is 23.6. The van der Waals surface area contributed by atoms with E-state index in [9.17, 15) is 4.79 Å². The number of halogens is 1. The van der Waals surface area contributed by atoms with Gasteiger partial charge in [0, 0.05) is 20.4 Å². The molecule has 5 aromatic rings. The van der Waals surface area contributed by atoms with Gasteiger partial charge in [-0.05, 0) is 60.0 Å². The number of imidazole rings is 1. The van der Waals surface area contributed by atoms with Crippen LogP contribution in [0.2, 0.25) is 0 Å². The molecule has 2 aromatic heterocycles. The van der Waals surface area contributed by atoms with Crippen LogP contribution >= 0.6 is 27.3 Å². The van der Waals surface area contributed by atoms with E-state index in [1.165, 1.54) is 11.3 Å². The van der Waals surface area contributed by atoms with Gasteiger partial charge in [0.15, 0.2) is 0 Å². The number of thiophene rings is 1. The number of hydrogen-bond donors (Lipinski definition) is 2. The standard InChI is InChI=1S/C22H14BrN3OS/c23-15-7-10-17-18(12-15)26-21(25-17)13-5-8-16(9-6-13)24-22(27)20-11-14-3-1-2-4-19(14)28-20/h1-12H,(H,24,27)(H,25,26). The summed E-state index contributed by atoms with van der Waals surface area (Å²) < 4.78 is 2.12. The molecule has 0 spiro atoms. The van der Waals surface area contributed by atoms with Gasteiger partial charge in [-0.15, -0.1) is 11.3 Å². The van der Waals surface area contributed by atoms with Crippen LogP contribution in [0.1, 0.15) is 9.67 Å². The van der Waals surface area contributed by atoms with Crippen LogP contribution in [0.3, 0.4) is 0 Å². The molecule has 0 aliphatic rings. The monoisotopic (exact) mass is 447 g/mol. The fourth-order valence-electron chi connectivity index (χ4n) is 3.12. The first-order valence-electron chi connectivity index (χ1n) is 8.71. The second-order valence-electron chi connectivity index (χ2n) is 6.43. The SMILES string of the molecule is O=C(Nc1ccc(-c2nc3ccc(Br)cc3[nH]2)cc1)c1cc2ccccc2s1. The number of nitrogens with one attached hydrogen (secondary N) is 2. The van der Waals surface area contributed by atoms with Gasteiger partial charge < -0.3 is 10.3 Å². The first-order chi connectivity index (χ1) is 13.7. The molecule has 2 heterocycles. The Morgan fingerprint density at radius 1 is 1.00 bits per heavy atom. The number of aromatic amines is 1. The lowest BCUT2D eigenvalue weighted by atomic mass is 10.2. The largest absolute Gasteiger partial charge is 0.338 e. The minimum Gasteiger partial charge on any atom is -0.338 e. The third-order valence-corrected chi connectivity index (χ3v) is 6.12. The molecule has 6 heteroatoms. The van der Waals surface area contributed by atoms with E-state index in [4.69, 9.17) is 0 Å². The van der Waals surface area contributed by atoms with E-state index in [-0.39, 0.29) is 5.91 Å². The summed E-state index contributed by atoms with van der Waals surface area (Å²) in [5.74, 6) is 0.707. The number of carbonyl (C=O) groups is 1. The number of H-pyrrole nitrogens is 1. The highest BCUT2D eigenvalue weighted by Crippen LogP contribution is 2.27. The van der Waals surface area contributed by atoms with Crippen molar-refractivity contribution in [2.75, 3.05) is 5.32 Å². The van der Waals surface area contributed by atoms with Gasteiger partial charge >= 0.3 is 0 Å². The second-order valence-corrected chi connectivity index (χ2v) is 8.43. The maximum Gasteiger partial charge on any atom is 0.265 e. The highest BCUT2D eigenvalue weighted by Gasteiger charge is 2.11. The predicted octanol–water partition coefficient (Wildman–Crippen LogP) is 6.46. The van der Waals surface area contributed by atoms with Crippen LogP contribution in [0.5, 0.6) is 0 Å². The first kappa shape index (κ1) is 17.2. The Bertz CT molecular complexity index is 1290. The van der Waals surface area contributed by atoms with Crippen molar-refractivity contribution in [3.63, 3.8) is 0 Å².